The molecule has 118 valence electrons. The first-order valence-electron chi connectivity index (χ1n) is 7.40. The average molecular weight is 301 g/mol. The van der Waals surface area contributed by atoms with Gasteiger partial charge in [0.15, 0.2) is 5.82 Å². The number of halogens is 1. The van der Waals surface area contributed by atoms with Gasteiger partial charge in [0.2, 0.25) is 0 Å². The van der Waals surface area contributed by atoms with Crippen LogP contribution in [0.1, 0.15) is 52.6 Å². The monoisotopic (exact) mass is 301 g/mol. The first-order valence-corrected chi connectivity index (χ1v) is 7.40. The molecule has 0 aromatic heterocycles. The van der Waals surface area contributed by atoms with Crippen LogP contribution in [0.5, 0.6) is 0 Å². The summed E-state index contributed by atoms with van der Waals surface area (Å²) < 4.78 is 13.0. The molecule has 4 heteroatoms. The number of benzene rings is 1. The summed E-state index contributed by atoms with van der Waals surface area (Å²) in [5.41, 5.74) is 14.6. The maximum Gasteiger partial charge on any atom is 0.152 e. The normalized spacial score (nSPS) is 12.8. The van der Waals surface area contributed by atoms with Crippen LogP contribution in [0, 0.1) is 11.3 Å². The molecule has 1 atom stereocenters. The van der Waals surface area contributed by atoms with Crippen molar-refractivity contribution in [3.05, 3.63) is 63.9 Å². The third kappa shape index (κ3) is 4.97. The molecule has 0 aliphatic rings. The van der Waals surface area contributed by atoms with Gasteiger partial charge < -0.3 is 5.32 Å². The molecule has 0 radical (unpaired) electrons. The second kappa shape index (κ2) is 8.30. The van der Waals surface area contributed by atoms with E-state index in [1.54, 1.807) is 12.1 Å². The smallest absolute Gasteiger partial charge is 0.152 e. The van der Waals surface area contributed by atoms with E-state index in [1.165, 1.54) is 12.1 Å². The number of nitrogens with zero attached hydrogens (tertiary/aromatic N) is 1. The molecule has 1 aromatic carbocycles. The Morgan fingerprint density at radius 3 is 2.27 bits per heavy atom. The van der Waals surface area contributed by atoms with Gasteiger partial charge in [0.1, 0.15) is 5.82 Å². The molecule has 0 aliphatic carbocycles. The van der Waals surface area contributed by atoms with Crippen molar-refractivity contribution in [2.75, 3.05) is 0 Å². The first kappa shape index (κ1) is 17.9. The number of rotatable bonds is 6. The SMILES string of the molecule is CC[C@H](N/C(N=N)=C(\C)C(C)=C=C(C)C)c1ccc(F)cc1. The Labute approximate surface area is 132 Å². The van der Waals surface area contributed by atoms with E-state index in [2.05, 4.69) is 16.2 Å². The van der Waals surface area contributed by atoms with E-state index in [0.29, 0.717) is 5.82 Å². The van der Waals surface area contributed by atoms with Gasteiger partial charge in [0, 0.05) is 5.57 Å². The molecule has 0 bridgehead atoms. The topological polar surface area (TPSA) is 48.2 Å². The Bertz CT molecular complexity index is 616. The molecule has 0 aliphatic heterocycles. The van der Waals surface area contributed by atoms with Crippen LogP contribution in [0.15, 0.2) is 57.7 Å². The molecule has 0 amide bonds. The van der Waals surface area contributed by atoms with E-state index in [9.17, 15) is 4.39 Å². The van der Waals surface area contributed by atoms with Crippen LogP contribution in [0.4, 0.5) is 4.39 Å². The summed E-state index contributed by atoms with van der Waals surface area (Å²) in [5.74, 6) is 0.264. The van der Waals surface area contributed by atoms with Crippen molar-refractivity contribution in [3.8, 4) is 0 Å². The van der Waals surface area contributed by atoms with Gasteiger partial charge in [-0.3, -0.25) is 0 Å². The van der Waals surface area contributed by atoms with Crippen LogP contribution in [0.25, 0.3) is 0 Å². The van der Waals surface area contributed by atoms with Gasteiger partial charge in [-0.05, 0) is 63.0 Å². The van der Waals surface area contributed by atoms with Gasteiger partial charge in [-0.25, -0.2) is 9.92 Å². The summed E-state index contributed by atoms with van der Waals surface area (Å²) in [4.78, 5) is 0. The minimum atomic E-state index is -0.252. The minimum absolute atomic E-state index is 0.0147. The molecular formula is C18H24FN3. The third-order valence-electron chi connectivity index (χ3n) is 3.46. The molecule has 2 N–H and O–H groups in total. The maximum absolute atomic E-state index is 13.0. The van der Waals surface area contributed by atoms with E-state index in [4.69, 9.17) is 5.53 Å². The van der Waals surface area contributed by atoms with Gasteiger partial charge in [0.25, 0.3) is 0 Å². The van der Waals surface area contributed by atoms with Crippen LogP contribution < -0.4 is 5.32 Å². The summed E-state index contributed by atoms with van der Waals surface area (Å²) in [7, 11) is 0. The number of hydrogen-bond donors (Lipinski definition) is 2. The van der Waals surface area contributed by atoms with Crippen molar-refractivity contribution in [1.82, 2.24) is 5.32 Å². The highest BCUT2D eigenvalue weighted by atomic mass is 19.1. The highest BCUT2D eigenvalue weighted by molar-refractivity contribution is 5.32. The summed E-state index contributed by atoms with van der Waals surface area (Å²) in [6.07, 6.45) is 0.809. The lowest BCUT2D eigenvalue weighted by Gasteiger charge is -2.19. The Morgan fingerprint density at radius 1 is 1.23 bits per heavy atom. The summed E-state index contributed by atoms with van der Waals surface area (Å²) >= 11 is 0. The molecule has 0 fully saturated rings. The number of hydrogen-bond acceptors (Lipinski definition) is 3. The lowest BCUT2D eigenvalue weighted by molar-refractivity contribution is 0.562. The van der Waals surface area contributed by atoms with E-state index >= 15 is 0 Å². The first-order chi connectivity index (χ1) is 10.4. The van der Waals surface area contributed by atoms with Crippen molar-refractivity contribution in [3.63, 3.8) is 0 Å². The van der Waals surface area contributed by atoms with E-state index in [0.717, 1.165) is 28.7 Å². The van der Waals surface area contributed by atoms with Crippen molar-refractivity contribution in [2.24, 2.45) is 5.11 Å². The zero-order valence-electron chi connectivity index (χ0n) is 13.9. The molecule has 0 saturated heterocycles. The fourth-order valence-corrected chi connectivity index (χ4v) is 2.15. The standard InChI is InChI=1S/C18H24FN3/c1-6-17(15-7-9-16(19)10-8-15)21-18(22-20)14(5)13(4)11-12(2)3/h7-10,17,20-21H,6H2,1-5H3/b18-14-,22-20?/t17-/m0/s1. The fraction of sp³-hybridized carbons (Fsp3) is 0.389. The Balaban J connectivity index is 3.13. The van der Waals surface area contributed by atoms with E-state index in [-0.39, 0.29) is 11.9 Å². The largest absolute Gasteiger partial charge is 0.362 e. The molecule has 1 rings (SSSR count). The van der Waals surface area contributed by atoms with Gasteiger partial charge in [-0.2, -0.15) is 0 Å². The summed E-state index contributed by atoms with van der Waals surface area (Å²) in [6.45, 7) is 9.87. The summed E-state index contributed by atoms with van der Waals surface area (Å²) in [5, 5.41) is 6.90. The molecule has 0 heterocycles. The predicted octanol–water partition coefficient (Wildman–Crippen LogP) is 5.64. The minimum Gasteiger partial charge on any atom is -0.362 e. The molecule has 22 heavy (non-hydrogen) atoms. The van der Waals surface area contributed by atoms with Crippen molar-refractivity contribution in [1.29, 1.82) is 5.53 Å². The van der Waals surface area contributed by atoms with Crippen LogP contribution in [-0.4, -0.2) is 0 Å². The van der Waals surface area contributed by atoms with Gasteiger partial charge in [0.05, 0.1) is 6.04 Å². The quantitative estimate of drug-likeness (QED) is 0.398. The summed E-state index contributed by atoms with van der Waals surface area (Å²) in [6, 6.07) is 6.39. The zero-order valence-corrected chi connectivity index (χ0v) is 13.9. The number of allylic oxidation sites excluding steroid dienone is 2. The molecule has 0 unspecified atom stereocenters. The second-order valence-corrected chi connectivity index (χ2v) is 5.49. The third-order valence-corrected chi connectivity index (χ3v) is 3.46. The van der Waals surface area contributed by atoms with Gasteiger partial charge >= 0.3 is 0 Å². The lowest BCUT2D eigenvalue weighted by atomic mass is 10.0. The second-order valence-electron chi connectivity index (χ2n) is 5.49. The Kier molecular flexibility index (Phi) is 6.74. The van der Waals surface area contributed by atoms with Gasteiger partial charge in [-0.15, -0.1) is 10.8 Å². The van der Waals surface area contributed by atoms with Crippen molar-refractivity contribution in [2.45, 2.75) is 47.1 Å². The molecular weight excluding hydrogens is 277 g/mol. The number of nitrogens with one attached hydrogen (secondary N) is 2. The van der Waals surface area contributed by atoms with Crippen LogP contribution in [0.3, 0.4) is 0 Å². The molecule has 0 saturated carbocycles. The van der Waals surface area contributed by atoms with Crippen molar-refractivity contribution >= 4 is 0 Å². The average Bonchev–Trinajstić information content (AvgIpc) is 2.48. The van der Waals surface area contributed by atoms with E-state index < -0.39 is 0 Å². The van der Waals surface area contributed by atoms with Gasteiger partial charge in [-0.1, -0.05) is 19.1 Å². The fourth-order valence-electron chi connectivity index (χ4n) is 2.15. The zero-order chi connectivity index (χ0) is 16.7. The van der Waals surface area contributed by atoms with Crippen molar-refractivity contribution < 1.29 is 4.39 Å². The predicted molar refractivity (Wildman–Crippen MR) is 88.0 cm³/mol. The maximum atomic E-state index is 13.0. The molecule has 0 spiro atoms. The van der Waals surface area contributed by atoms with Crippen LogP contribution >= 0.6 is 0 Å². The lowest BCUT2D eigenvalue weighted by Crippen LogP contribution is -2.20. The van der Waals surface area contributed by atoms with Crippen LogP contribution in [-0.2, 0) is 0 Å². The highest BCUT2D eigenvalue weighted by Gasteiger charge is 2.13. The highest BCUT2D eigenvalue weighted by Crippen LogP contribution is 2.21. The Morgan fingerprint density at radius 2 is 1.82 bits per heavy atom. The molecule has 3 nitrogen and oxygen atoms in total. The molecule has 1 aromatic rings. The van der Waals surface area contributed by atoms with Crippen LogP contribution in [0.2, 0.25) is 0 Å². The Hall–Kier alpha value is -2.19. The van der Waals surface area contributed by atoms with E-state index in [1.807, 2.05) is 34.6 Å².